The quantitative estimate of drug-likeness (QED) is 0.656. The molecule has 0 saturated heterocycles. The molecule has 0 bridgehead atoms. The molecule has 0 saturated carbocycles. The number of hydrogen-bond donors (Lipinski definition) is 1. The van der Waals surface area contributed by atoms with Crippen molar-refractivity contribution >= 4 is 0 Å². The Hall–Kier alpha value is -0.720. The van der Waals surface area contributed by atoms with E-state index in [4.69, 9.17) is 0 Å². The molecule has 1 nitrogen and oxygen atoms in total. The van der Waals surface area contributed by atoms with Crippen LogP contribution >= 0.6 is 0 Å². The number of nitrogens with one attached hydrogen (secondary N) is 1. The van der Waals surface area contributed by atoms with Crippen molar-refractivity contribution in [3.05, 3.63) is 24.9 Å². The molecule has 0 spiro atoms. The molecule has 1 N–H and O–H groups in total. The second kappa shape index (κ2) is 4.68. The van der Waals surface area contributed by atoms with E-state index in [1.54, 1.807) is 0 Å². The third-order valence-corrected chi connectivity index (χ3v) is 1.91. The zero-order valence-corrected chi connectivity index (χ0v) is 10.4. The number of allylic oxidation sites excluding steroid dienone is 1. The normalized spacial score (nSPS) is 12.4. The number of rotatable bonds is 5. The summed E-state index contributed by atoms with van der Waals surface area (Å²) in [6.07, 6.45) is 3.90. The first-order valence-corrected chi connectivity index (χ1v) is 5.23. The van der Waals surface area contributed by atoms with Gasteiger partial charge in [-0.1, -0.05) is 33.4 Å². The third-order valence-electron chi connectivity index (χ3n) is 1.91. The minimum Gasteiger partial charge on any atom is -0.384 e. The van der Waals surface area contributed by atoms with Crippen molar-refractivity contribution < 1.29 is 0 Å². The van der Waals surface area contributed by atoms with Crippen molar-refractivity contribution in [2.24, 2.45) is 5.41 Å². The van der Waals surface area contributed by atoms with Crippen LogP contribution in [0.25, 0.3) is 0 Å². The van der Waals surface area contributed by atoms with E-state index in [1.807, 2.05) is 6.08 Å². The molecule has 0 amide bonds. The second-order valence-corrected chi connectivity index (χ2v) is 5.84. The molecule has 0 radical (unpaired) electrons. The van der Waals surface area contributed by atoms with Gasteiger partial charge in [-0.25, -0.2) is 0 Å². The summed E-state index contributed by atoms with van der Waals surface area (Å²) in [5.74, 6) is 0. The van der Waals surface area contributed by atoms with Crippen LogP contribution in [-0.2, 0) is 0 Å². The van der Waals surface area contributed by atoms with E-state index in [1.165, 1.54) is 0 Å². The summed E-state index contributed by atoms with van der Waals surface area (Å²) < 4.78 is 0. The molecule has 14 heavy (non-hydrogen) atoms. The van der Waals surface area contributed by atoms with Crippen molar-refractivity contribution in [1.82, 2.24) is 5.32 Å². The van der Waals surface area contributed by atoms with Gasteiger partial charge in [0, 0.05) is 11.2 Å². The zero-order valence-electron chi connectivity index (χ0n) is 10.4. The summed E-state index contributed by atoms with van der Waals surface area (Å²) in [5, 5.41) is 3.45. The molecular weight excluding hydrogens is 170 g/mol. The molecule has 0 heterocycles. The molecule has 0 aliphatic rings. The Morgan fingerprint density at radius 3 is 2.07 bits per heavy atom. The van der Waals surface area contributed by atoms with Gasteiger partial charge in [0.1, 0.15) is 0 Å². The fraction of sp³-hybridized carbons (Fsp3) is 0.692. The van der Waals surface area contributed by atoms with Gasteiger partial charge in [0.25, 0.3) is 0 Å². The molecule has 0 aromatic heterocycles. The van der Waals surface area contributed by atoms with Crippen LogP contribution in [0.4, 0.5) is 0 Å². The van der Waals surface area contributed by atoms with Gasteiger partial charge in [-0.05, 0) is 32.1 Å². The van der Waals surface area contributed by atoms with Gasteiger partial charge >= 0.3 is 0 Å². The maximum atomic E-state index is 4.06. The van der Waals surface area contributed by atoms with Crippen LogP contribution in [0.5, 0.6) is 0 Å². The highest BCUT2D eigenvalue weighted by molar-refractivity contribution is 5.01. The van der Waals surface area contributed by atoms with Crippen LogP contribution in [0, 0.1) is 5.41 Å². The van der Waals surface area contributed by atoms with E-state index < -0.39 is 0 Å². The van der Waals surface area contributed by atoms with Crippen LogP contribution in [0.1, 0.15) is 47.5 Å². The molecule has 0 aliphatic heterocycles. The molecule has 0 unspecified atom stereocenters. The molecule has 1 heteroatoms. The van der Waals surface area contributed by atoms with Crippen molar-refractivity contribution in [3.63, 3.8) is 0 Å². The smallest absolute Gasteiger partial charge is 0.0348 e. The largest absolute Gasteiger partial charge is 0.384 e. The number of hydrogen-bond acceptors (Lipinski definition) is 1. The fourth-order valence-corrected chi connectivity index (χ4v) is 1.57. The monoisotopic (exact) mass is 195 g/mol. The third kappa shape index (κ3) is 6.76. The van der Waals surface area contributed by atoms with Crippen molar-refractivity contribution in [2.45, 2.75) is 53.0 Å². The van der Waals surface area contributed by atoms with E-state index in [2.05, 4.69) is 53.1 Å². The molecule has 0 fully saturated rings. The Balaban J connectivity index is 4.12. The maximum absolute atomic E-state index is 4.06. The lowest BCUT2D eigenvalue weighted by molar-refractivity contribution is 0.362. The summed E-state index contributed by atoms with van der Waals surface area (Å²) >= 11 is 0. The van der Waals surface area contributed by atoms with E-state index in [0.717, 1.165) is 18.5 Å². The maximum Gasteiger partial charge on any atom is 0.0348 e. The first-order valence-electron chi connectivity index (χ1n) is 5.23. The Morgan fingerprint density at radius 2 is 1.71 bits per heavy atom. The van der Waals surface area contributed by atoms with Gasteiger partial charge in [0.05, 0.1) is 0 Å². The highest BCUT2D eigenvalue weighted by atomic mass is 15.0. The minimum atomic E-state index is 0.0735. The fourth-order valence-electron chi connectivity index (χ4n) is 1.57. The Kier molecular flexibility index (Phi) is 4.44. The van der Waals surface area contributed by atoms with E-state index in [9.17, 15) is 0 Å². The Bertz CT molecular complexity index is 206. The van der Waals surface area contributed by atoms with Crippen molar-refractivity contribution in [1.29, 1.82) is 0 Å². The van der Waals surface area contributed by atoms with Gasteiger partial charge in [-0.15, -0.1) is 6.58 Å². The van der Waals surface area contributed by atoms with E-state index in [0.29, 0.717) is 5.41 Å². The Labute approximate surface area is 89.3 Å². The Morgan fingerprint density at radius 1 is 1.21 bits per heavy atom. The first kappa shape index (κ1) is 13.3. The van der Waals surface area contributed by atoms with Crippen LogP contribution in [0.2, 0.25) is 0 Å². The predicted octanol–water partition coefficient (Wildman–Crippen LogP) is 3.88. The molecule has 0 atom stereocenters. The molecular formula is C13H25N. The van der Waals surface area contributed by atoms with Gasteiger partial charge in [0.2, 0.25) is 0 Å². The van der Waals surface area contributed by atoms with Crippen molar-refractivity contribution in [3.8, 4) is 0 Å². The first-order chi connectivity index (χ1) is 6.16. The lowest BCUT2D eigenvalue weighted by Crippen LogP contribution is -2.38. The van der Waals surface area contributed by atoms with Gasteiger partial charge in [-0.2, -0.15) is 0 Å². The SMILES string of the molecule is C=CCC(C)(C)NC(=C)CC(C)(C)C. The minimum absolute atomic E-state index is 0.0735. The second-order valence-electron chi connectivity index (χ2n) is 5.84. The lowest BCUT2D eigenvalue weighted by Gasteiger charge is -2.30. The van der Waals surface area contributed by atoms with Crippen LogP contribution in [0.15, 0.2) is 24.9 Å². The molecule has 0 rings (SSSR count). The zero-order chi connectivity index (χ0) is 11.4. The predicted molar refractivity (Wildman–Crippen MR) is 65.2 cm³/mol. The topological polar surface area (TPSA) is 12.0 Å². The van der Waals surface area contributed by atoms with Crippen LogP contribution in [-0.4, -0.2) is 5.54 Å². The van der Waals surface area contributed by atoms with E-state index in [-0.39, 0.29) is 5.54 Å². The highest BCUT2D eigenvalue weighted by Gasteiger charge is 2.18. The summed E-state index contributed by atoms with van der Waals surface area (Å²) in [6, 6.07) is 0. The van der Waals surface area contributed by atoms with Gasteiger partial charge in [0.15, 0.2) is 0 Å². The summed E-state index contributed by atoms with van der Waals surface area (Å²) in [5.41, 5.74) is 1.49. The van der Waals surface area contributed by atoms with Gasteiger partial charge in [-0.3, -0.25) is 0 Å². The average molecular weight is 195 g/mol. The summed E-state index contributed by atoms with van der Waals surface area (Å²) in [6.45, 7) is 18.8. The standard InChI is InChI=1S/C13H25N/c1-8-9-13(6,7)14-11(2)10-12(3,4)5/h8,14H,1-2,9-10H2,3-7H3. The molecule has 82 valence electrons. The molecule has 0 aromatic carbocycles. The lowest BCUT2D eigenvalue weighted by atomic mass is 9.89. The van der Waals surface area contributed by atoms with Crippen LogP contribution < -0.4 is 5.32 Å². The average Bonchev–Trinajstić information content (AvgIpc) is 1.78. The van der Waals surface area contributed by atoms with Crippen LogP contribution in [0.3, 0.4) is 0 Å². The van der Waals surface area contributed by atoms with E-state index >= 15 is 0 Å². The van der Waals surface area contributed by atoms with Crippen molar-refractivity contribution in [2.75, 3.05) is 0 Å². The van der Waals surface area contributed by atoms with Gasteiger partial charge < -0.3 is 5.32 Å². The molecule has 0 aromatic rings. The highest BCUT2D eigenvalue weighted by Crippen LogP contribution is 2.23. The molecule has 0 aliphatic carbocycles. The summed E-state index contributed by atoms with van der Waals surface area (Å²) in [7, 11) is 0. The summed E-state index contributed by atoms with van der Waals surface area (Å²) in [4.78, 5) is 0.